The van der Waals surface area contributed by atoms with Gasteiger partial charge in [0.2, 0.25) is 0 Å². The van der Waals surface area contributed by atoms with E-state index in [1.165, 1.54) is 12.1 Å². The molecule has 0 bridgehead atoms. The van der Waals surface area contributed by atoms with Crippen LogP contribution in [0.2, 0.25) is 0 Å². The SMILES string of the molecule is N#Cc1ccc(NC(=O)c2ccc(Br)cc2)c([N+](=O)[O-])c1. The maximum atomic E-state index is 12.0. The molecular weight excluding hydrogens is 338 g/mol. The van der Waals surface area contributed by atoms with Crippen LogP contribution < -0.4 is 5.32 Å². The third-order valence-electron chi connectivity index (χ3n) is 2.68. The first-order valence-corrected chi connectivity index (χ1v) is 6.56. The second-order valence-electron chi connectivity index (χ2n) is 4.06. The number of halogens is 1. The third-order valence-corrected chi connectivity index (χ3v) is 3.21. The minimum Gasteiger partial charge on any atom is -0.316 e. The highest BCUT2D eigenvalue weighted by Crippen LogP contribution is 2.26. The lowest BCUT2D eigenvalue weighted by atomic mass is 10.1. The van der Waals surface area contributed by atoms with Crippen molar-refractivity contribution in [1.82, 2.24) is 0 Å². The first kappa shape index (κ1) is 14.7. The van der Waals surface area contributed by atoms with Crippen LogP contribution in [0.25, 0.3) is 0 Å². The molecular formula is C14H8BrN3O3. The van der Waals surface area contributed by atoms with Crippen molar-refractivity contribution in [3.8, 4) is 6.07 Å². The van der Waals surface area contributed by atoms with Crippen molar-refractivity contribution in [2.45, 2.75) is 0 Å². The topological polar surface area (TPSA) is 96.0 Å². The highest BCUT2D eigenvalue weighted by Gasteiger charge is 2.17. The Labute approximate surface area is 128 Å². The van der Waals surface area contributed by atoms with E-state index in [1.807, 2.05) is 6.07 Å². The van der Waals surface area contributed by atoms with Crippen LogP contribution in [-0.4, -0.2) is 10.8 Å². The van der Waals surface area contributed by atoms with Gasteiger partial charge in [0.25, 0.3) is 11.6 Å². The van der Waals surface area contributed by atoms with E-state index < -0.39 is 10.8 Å². The van der Waals surface area contributed by atoms with E-state index in [9.17, 15) is 14.9 Å². The van der Waals surface area contributed by atoms with Gasteiger partial charge >= 0.3 is 0 Å². The van der Waals surface area contributed by atoms with Crippen molar-refractivity contribution in [3.05, 3.63) is 68.2 Å². The number of carbonyl (C=O) groups is 1. The number of carbonyl (C=O) groups excluding carboxylic acids is 1. The van der Waals surface area contributed by atoms with Crippen molar-refractivity contribution in [2.75, 3.05) is 5.32 Å². The molecule has 0 radical (unpaired) electrons. The summed E-state index contributed by atoms with van der Waals surface area (Å²) in [5.41, 5.74) is 0.256. The van der Waals surface area contributed by atoms with E-state index in [-0.39, 0.29) is 16.9 Å². The van der Waals surface area contributed by atoms with Gasteiger partial charge in [-0.2, -0.15) is 5.26 Å². The number of amides is 1. The monoisotopic (exact) mass is 345 g/mol. The Morgan fingerprint density at radius 1 is 1.24 bits per heavy atom. The van der Waals surface area contributed by atoms with Crippen LogP contribution in [0.3, 0.4) is 0 Å². The second kappa shape index (κ2) is 6.15. The van der Waals surface area contributed by atoms with Crippen LogP contribution in [0.1, 0.15) is 15.9 Å². The molecule has 7 heteroatoms. The summed E-state index contributed by atoms with van der Waals surface area (Å²) in [7, 11) is 0. The number of hydrogen-bond donors (Lipinski definition) is 1. The zero-order valence-corrected chi connectivity index (χ0v) is 12.1. The van der Waals surface area contributed by atoms with Gasteiger partial charge in [0.1, 0.15) is 5.69 Å². The van der Waals surface area contributed by atoms with Gasteiger partial charge in [0.15, 0.2) is 0 Å². The lowest BCUT2D eigenvalue weighted by Crippen LogP contribution is -2.13. The molecule has 0 aromatic heterocycles. The first-order valence-electron chi connectivity index (χ1n) is 5.76. The summed E-state index contributed by atoms with van der Waals surface area (Å²) in [6.07, 6.45) is 0. The zero-order chi connectivity index (χ0) is 15.4. The number of benzene rings is 2. The molecule has 2 aromatic carbocycles. The quantitative estimate of drug-likeness (QED) is 0.680. The Morgan fingerprint density at radius 2 is 1.90 bits per heavy atom. The molecule has 0 atom stereocenters. The fourth-order valence-corrected chi connectivity index (χ4v) is 1.92. The van der Waals surface area contributed by atoms with E-state index in [4.69, 9.17) is 5.26 Å². The van der Waals surface area contributed by atoms with Gasteiger partial charge < -0.3 is 5.32 Å². The molecule has 104 valence electrons. The van der Waals surface area contributed by atoms with Gasteiger partial charge in [0, 0.05) is 16.1 Å². The summed E-state index contributed by atoms with van der Waals surface area (Å²) >= 11 is 3.26. The van der Waals surface area contributed by atoms with Crippen LogP contribution >= 0.6 is 15.9 Å². The second-order valence-corrected chi connectivity index (χ2v) is 4.98. The Hall–Kier alpha value is -2.72. The molecule has 1 amide bonds. The molecule has 6 nitrogen and oxygen atoms in total. The number of nitriles is 1. The number of nitro benzene ring substituents is 1. The predicted molar refractivity (Wildman–Crippen MR) is 79.9 cm³/mol. The van der Waals surface area contributed by atoms with Crippen LogP contribution in [-0.2, 0) is 0 Å². The normalized spacial score (nSPS) is 9.71. The lowest BCUT2D eigenvalue weighted by molar-refractivity contribution is -0.383. The summed E-state index contributed by atoms with van der Waals surface area (Å²) in [4.78, 5) is 22.4. The molecule has 0 fully saturated rings. The first-order chi connectivity index (χ1) is 10.0. The van der Waals surface area contributed by atoms with Gasteiger partial charge in [0.05, 0.1) is 16.6 Å². The molecule has 1 N–H and O–H groups in total. The Kier molecular flexibility index (Phi) is 4.30. The molecule has 0 unspecified atom stereocenters. The average molecular weight is 346 g/mol. The average Bonchev–Trinajstić information content (AvgIpc) is 2.48. The summed E-state index contributed by atoms with van der Waals surface area (Å²) in [5, 5.41) is 22.2. The Bertz CT molecular complexity index is 751. The molecule has 2 rings (SSSR count). The maximum absolute atomic E-state index is 12.0. The minimum absolute atomic E-state index is 0.0481. The molecule has 0 spiro atoms. The van der Waals surface area contributed by atoms with Crippen LogP contribution in [0.15, 0.2) is 46.9 Å². The van der Waals surface area contributed by atoms with Crippen molar-refractivity contribution in [3.63, 3.8) is 0 Å². The largest absolute Gasteiger partial charge is 0.316 e. The van der Waals surface area contributed by atoms with Gasteiger partial charge in [-0.15, -0.1) is 0 Å². The molecule has 0 aliphatic heterocycles. The standard InChI is InChI=1S/C14H8BrN3O3/c15-11-4-2-10(3-5-11)14(19)17-12-6-1-9(8-16)7-13(12)18(20)21/h1-7H,(H,17,19). The molecule has 0 aliphatic carbocycles. The predicted octanol–water partition coefficient (Wildman–Crippen LogP) is 3.48. The summed E-state index contributed by atoms with van der Waals surface area (Å²) < 4.78 is 0.823. The lowest BCUT2D eigenvalue weighted by Gasteiger charge is -2.06. The number of anilines is 1. The smallest absolute Gasteiger partial charge is 0.294 e. The number of nitrogens with zero attached hydrogens (tertiary/aromatic N) is 2. The van der Waals surface area contributed by atoms with Crippen molar-refractivity contribution >= 4 is 33.2 Å². The zero-order valence-electron chi connectivity index (χ0n) is 10.5. The number of hydrogen-bond acceptors (Lipinski definition) is 4. The van der Waals surface area contributed by atoms with Crippen LogP contribution in [0.4, 0.5) is 11.4 Å². The van der Waals surface area contributed by atoms with Crippen LogP contribution in [0, 0.1) is 21.4 Å². The van der Waals surface area contributed by atoms with E-state index in [0.717, 1.165) is 10.5 Å². The molecule has 0 saturated heterocycles. The Balaban J connectivity index is 2.31. The number of nitro groups is 1. The summed E-state index contributed by atoms with van der Waals surface area (Å²) in [6.45, 7) is 0. The van der Waals surface area contributed by atoms with E-state index in [0.29, 0.717) is 5.56 Å². The Morgan fingerprint density at radius 3 is 2.48 bits per heavy atom. The van der Waals surface area contributed by atoms with E-state index in [2.05, 4.69) is 21.2 Å². The van der Waals surface area contributed by atoms with E-state index in [1.54, 1.807) is 24.3 Å². The molecule has 0 heterocycles. The van der Waals surface area contributed by atoms with Gasteiger partial charge in [-0.3, -0.25) is 14.9 Å². The van der Waals surface area contributed by atoms with Gasteiger partial charge in [-0.05, 0) is 36.4 Å². The molecule has 0 saturated carbocycles. The highest BCUT2D eigenvalue weighted by molar-refractivity contribution is 9.10. The van der Waals surface area contributed by atoms with Crippen molar-refractivity contribution < 1.29 is 9.72 Å². The van der Waals surface area contributed by atoms with Gasteiger partial charge in [-0.1, -0.05) is 15.9 Å². The fourth-order valence-electron chi connectivity index (χ4n) is 1.65. The van der Waals surface area contributed by atoms with Gasteiger partial charge in [-0.25, -0.2) is 0 Å². The van der Waals surface area contributed by atoms with Crippen molar-refractivity contribution in [1.29, 1.82) is 5.26 Å². The third kappa shape index (κ3) is 3.43. The molecule has 21 heavy (non-hydrogen) atoms. The molecule has 0 aliphatic rings. The number of nitrogens with one attached hydrogen (secondary N) is 1. The minimum atomic E-state index is -0.641. The maximum Gasteiger partial charge on any atom is 0.294 e. The van der Waals surface area contributed by atoms with Crippen molar-refractivity contribution in [2.24, 2.45) is 0 Å². The van der Waals surface area contributed by atoms with E-state index >= 15 is 0 Å². The van der Waals surface area contributed by atoms with Crippen LogP contribution in [0.5, 0.6) is 0 Å². The number of rotatable bonds is 3. The highest BCUT2D eigenvalue weighted by atomic mass is 79.9. The summed E-state index contributed by atoms with van der Waals surface area (Å²) in [6, 6.07) is 12.3. The summed E-state index contributed by atoms with van der Waals surface area (Å²) in [5.74, 6) is -0.463. The molecule has 2 aromatic rings. The fraction of sp³-hybridized carbons (Fsp3) is 0.